The lowest BCUT2D eigenvalue weighted by Gasteiger charge is -2.24. The zero-order valence-corrected chi connectivity index (χ0v) is 17.0. The van der Waals surface area contributed by atoms with Crippen molar-refractivity contribution in [2.75, 3.05) is 11.9 Å². The molecule has 0 radical (unpaired) electrons. The van der Waals surface area contributed by atoms with E-state index >= 15 is 0 Å². The van der Waals surface area contributed by atoms with Gasteiger partial charge in [-0.05, 0) is 18.1 Å². The number of imidazole rings is 1. The van der Waals surface area contributed by atoms with Crippen LogP contribution >= 0.6 is 0 Å². The van der Waals surface area contributed by atoms with Gasteiger partial charge in [0, 0.05) is 32.4 Å². The summed E-state index contributed by atoms with van der Waals surface area (Å²) in [6.45, 7) is 4.14. The standard InChI is InChI=1S/C20H26N6O3/c1-13(2)15(23-14-8-6-5-7-9-14)10-21-16(27)11-26-19(28)17-18(22-12-24(17)3)25(4)20(26)29/h5-9,12-13,15,23H,10-11H2,1-4H3,(H,21,27). The summed E-state index contributed by atoms with van der Waals surface area (Å²) < 4.78 is 3.76. The van der Waals surface area contributed by atoms with Gasteiger partial charge in [0.15, 0.2) is 11.2 Å². The van der Waals surface area contributed by atoms with Crippen molar-refractivity contribution in [2.24, 2.45) is 20.0 Å². The van der Waals surface area contributed by atoms with Gasteiger partial charge in [-0.2, -0.15) is 0 Å². The molecule has 2 heterocycles. The highest BCUT2D eigenvalue weighted by molar-refractivity contribution is 5.76. The monoisotopic (exact) mass is 398 g/mol. The Morgan fingerprint density at radius 1 is 1.14 bits per heavy atom. The number of para-hydroxylation sites is 1. The van der Waals surface area contributed by atoms with Crippen molar-refractivity contribution in [3.05, 3.63) is 57.5 Å². The number of anilines is 1. The smallest absolute Gasteiger partial charge is 0.332 e. The maximum Gasteiger partial charge on any atom is 0.332 e. The fourth-order valence-electron chi connectivity index (χ4n) is 3.16. The fraction of sp³-hybridized carbons (Fsp3) is 0.400. The lowest BCUT2D eigenvalue weighted by Crippen LogP contribution is -2.46. The molecule has 1 atom stereocenters. The van der Waals surface area contributed by atoms with E-state index in [1.54, 1.807) is 11.6 Å². The van der Waals surface area contributed by atoms with Crippen molar-refractivity contribution < 1.29 is 4.79 Å². The van der Waals surface area contributed by atoms with Gasteiger partial charge in [-0.1, -0.05) is 32.0 Å². The number of hydrogen-bond donors (Lipinski definition) is 2. The molecule has 154 valence electrons. The summed E-state index contributed by atoms with van der Waals surface area (Å²) in [4.78, 5) is 41.8. The van der Waals surface area contributed by atoms with Gasteiger partial charge in [-0.15, -0.1) is 0 Å². The molecule has 2 aromatic heterocycles. The quantitative estimate of drug-likeness (QED) is 0.609. The first kappa shape index (κ1) is 20.4. The number of rotatable bonds is 7. The molecule has 0 aliphatic heterocycles. The molecule has 1 amide bonds. The van der Waals surface area contributed by atoms with E-state index in [2.05, 4.69) is 29.5 Å². The Kier molecular flexibility index (Phi) is 5.86. The predicted octanol–water partition coefficient (Wildman–Crippen LogP) is 0.687. The van der Waals surface area contributed by atoms with Gasteiger partial charge in [0.25, 0.3) is 5.56 Å². The summed E-state index contributed by atoms with van der Waals surface area (Å²) >= 11 is 0. The van der Waals surface area contributed by atoms with E-state index in [-0.39, 0.29) is 24.0 Å². The molecule has 3 aromatic rings. The lowest BCUT2D eigenvalue weighted by molar-refractivity contribution is -0.121. The van der Waals surface area contributed by atoms with Crippen LogP contribution in [-0.4, -0.2) is 37.2 Å². The molecule has 0 bridgehead atoms. The molecule has 0 saturated carbocycles. The molecule has 1 aromatic carbocycles. The van der Waals surface area contributed by atoms with Gasteiger partial charge in [0.05, 0.1) is 6.33 Å². The molecule has 29 heavy (non-hydrogen) atoms. The van der Waals surface area contributed by atoms with E-state index in [0.29, 0.717) is 12.2 Å². The van der Waals surface area contributed by atoms with Crippen molar-refractivity contribution >= 4 is 22.8 Å². The minimum atomic E-state index is -0.570. The molecule has 0 aliphatic rings. The van der Waals surface area contributed by atoms with Crippen LogP contribution in [0.5, 0.6) is 0 Å². The zero-order valence-electron chi connectivity index (χ0n) is 17.0. The second kappa shape index (κ2) is 8.34. The Morgan fingerprint density at radius 2 is 1.83 bits per heavy atom. The zero-order chi connectivity index (χ0) is 21.1. The second-order valence-corrected chi connectivity index (χ2v) is 7.43. The van der Waals surface area contributed by atoms with E-state index in [1.165, 1.54) is 17.9 Å². The molecule has 9 heteroatoms. The number of nitrogens with zero attached hydrogens (tertiary/aromatic N) is 4. The third-order valence-electron chi connectivity index (χ3n) is 4.95. The fourth-order valence-corrected chi connectivity index (χ4v) is 3.16. The highest BCUT2D eigenvalue weighted by atomic mass is 16.2. The molecule has 2 N–H and O–H groups in total. The summed E-state index contributed by atoms with van der Waals surface area (Å²) in [6, 6.07) is 9.74. The first-order chi connectivity index (χ1) is 13.8. The van der Waals surface area contributed by atoms with Crippen LogP contribution in [0.3, 0.4) is 0 Å². The Balaban J connectivity index is 1.74. The van der Waals surface area contributed by atoms with Crippen molar-refractivity contribution in [3.8, 4) is 0 Å². The van der Waals surface area contributed by atoms with Crippen molar-refractivity contribution in [3.63, 3.8) is 0 Å². The second-order valence-electron chi connectivity index (χ2n) is 7.43. The van der Waals surface area contributed by atoms with Gasteiger partial charge in [0.2, 0.25) is 5.91 Å². The van der Waals surface area contributed by atoms with Crippen molar-refractivity contribution in [2.45, 2.75) is 26.4 Å². The summed E-state index contributed by atoms with van der Waals surface area (Å²) in [7, 11) is 3.21. The number of aromatic nitrogens is 4. The van der Waals surface area contributed by atoms with Gasteiger partial charge < -0.3 is 15.2 Å². The van der Waals surface area contributed by atoms with E-state index in [0.717, 1.165) is 10.3 Å². The van der Waals surface area contributed by atoms with E-state index in [9.17, 15) is 14.4 Å². The van der Waals surface area contributed by atoms with Gasteiger partial charge in [0.1, 0.15) is 6.54 Å². The Morgan fingerprint density at radius 3 is 2.48 bits per heavy atom. The van der Waals surface area contributed by atoms with Crippen LogP contribution < -0.4 is 21.9 Å². The average Bonchev–Trinajstić information content (AvgIpc) is 3.09. The minimum Gasteiger partial charge on any atom is -0.380 e. The molecule has 3 rings (SSSR count). The predicted molar refractivity (Wildman–Crippen MR) is 112 cm³/mol. The lowest BCUT2D eigenvalue weighted by atomic mass is 10.0. The molecule has 9 nitrogen and oxygen atoms in total. The Hall–Kier alpha value is -3.36. The van der Waals surface area contributed by atoms with E-state index in [4.69, 9.17) is 0 Å². The first-order valence-electron chi connectivity index (χ1n) is 9.48. The number of carbonyl (C=O) groups is 1. The third-order valence-corrected chi connectivity index (χ3v) is 4.95. The highest BCUT2D eigenvalue weighted by Crippen LogP contribution is 2.11. The van der Waals surface area contributed by atoms with Crippen molar-refractivity contribution in [1.29, 1.82) is 0 Å². The molecule has 0 aliphatic carbocycles. The number of amides is 1. The number of aryl methyl sites for hydroxylation is 2. The SMILES string of the molecule is CC(C)C(CNC(=O)Cn1c(=O)c2c(ncn2C)n(C)c1=O)Nc1ccccc1. The van der Waals surface area contributed by atoms with Crippen LogP contribution in [0.25, 0.3) is 11.2 Å². The molecular weight excluding hydrogens is 372 g/mol. The third kappa shape index (κ3) is 4.23. The normalized spacial score (nSPS) is 12.3. The highest BCUT2D eigenvalue weighted by Gasteiger charge is 2.18. The number of carbonyl (C=O) groups excluding carboxylic acids is 1. The molecule has 0 fully saturated rings. The number of hydrogen-bond acceptors (Lipinski definition) is 5. The maximum atomic E-state index is 12.7. The largest absolute Gasteiger partial charge is 0.380 e. The molecule has 0 spiro atoms. The van der Waals surface area contributed by atoms with E-state index < -0.39 is 17.2 Å². The van der Waals surface area contributed by atoms with E-state index in [1.807, 2.05) is 30.3 Å². The van der Waals surface area contributed by atoms with Crippen LogP contribution in [0.4, 0.5) is 5.69 Å². The topological polar surface area (TPSA) is 103 Å². The van der Waals surface area contributed by atoms with Crippen LogP contribution in [-0.2, 0) is 25.4 Å². The van der Waals surface area contributed by atoms with Gasteiger partial charge in [-0.3, -0.25) is 14.2 Å². The number of benzene rings is 1. The van der Waals surface area contributed by atoms with Crippen LogP contribution in [0.2, 0.25) is 0 Å². The number of fused-ring (bicyclic) bond motifs is 1. The maximum absolute atomic E-state index is 12.7. The molecular formula is C20H26N6O3. The average molecular weight is 398 g/mol. The van der Waals surface area contributed by atoms with Crippen molar-refractivity contribution in [1.82, 2.24) is 24.0 Å². The summed E-state index contributed by atoms with van der Waals surface area (Å²) in [5.74, 6) is -0.136. The van der Waals surface area contributed by atoms with Crippen LogP contribution in [0.15, 0.2) is 46.2 Å². The molecule has 0 saturated heterocycles. The summed E-state index contributed by atoms with van der Waals surface area (Å²) in [6.07, 6.45) is 1.47. The van der Waals surface area contributed by atoms with Crippen LogP contribution in [0, 0.1) is 5.92 Å². The Bertz CT molecular complexity index is 1130. The summed E-state index contributed by atoms with van der Waals surface area (Å²) in [5, 5.41) is 6.23. The van der Waals surface area contributed by atoms with Gasteiger partial charge >= 0.3 is 5.69 Å². The van der Waals surface area contributed by atoms with Crippen LogP contribution in [0.1, 0.15) is 13.8 Å². The summed E-state index contributed by atoms with van der Waals surface area (Å²) in [5.41, 5.74) is 0.448. The number of nitrogens with one attached hydrogen (secondary N) is 2. The first-order valence-corrected chi connectivity index (χ1v) is 9.48. The Labute approximate surface area is 168 Å². The minimum absolute atomic E-state index is 0.000425. The molecule has 1 unspecified atom stereocenters. The van der Waals surface area contributed by atoms with Gasteiger partial charge in [-0.25, -0.2) is 14.3 Å².